The first-order valence-corrected chi connectivity index (χ1v) is 10.0. The lowest BCUT2D eigenvalue weighted by Crippen LogP contribution is -2.20. The molecule has 0 saturated heterocycles. The van der Waals surface area contributed by atoms with Gasteiger partial charge in [0.25, 0.3) is 0 Å². The summed E-state index contributed by atoms with van der Waals surface area (Å²) in [6.45, 7) is 0.383. The van der Waals surface area contributed by atoms with Crippen LogP contribution in [0.2, 0.25) is 0 Å². The van der Waals surface area contributed by atoms with Crippen molar-refractivity contribution in [1.82, 2.24) is 9.71 Å². The van der Waals surface area contributed by atoms with Crippen LogP contribution in [0.25, 0.3) is 10.9 Å². The van der Waals surface area contributed by atoms with Crippen molar-refractivity contribution in [3.63, 3.8) is 0 Å². The van der Waals surface area contributed by atoms with Gasteiger partial charge in [-0.3, -0.25) is 4.98 Å². The van der Waals surface area contributed by atoms with Crippen LogP contribution in [0.4, 0.5) is 18.9 Å². The van der Waals surface area contributed by atoms with Gasteiger partial charge in [0.15, 0.2) is 0 Å². The lowest BCUT2D eigenvalue weighted by atomic mass is 10.1. The number of hydrogen-bond donors (Lipinski definition) is 2. The number of fused-ring (bicyclic) bond motifs is 1. The van der Waals surface area contributed by atoms with Gasteiger partial charge in [0.1, 0.15) is 0 Å². The maximum atomic E-state index is 12.9. The average Bonchev–Trinajstić information content (AvgIpc) is 2.65. The summed E-state index contributed by atoms with van der Waals surface area (Å²) >= 11 is 0. The molecule has 0 aliphatic heterocycles. The summed E-state index contributed by atoms with van der Waals surface area (Å²) < 4.78 is 64.3. The molecule has 28 heavy (non-hydrogen) atoms. The quantitative estimate of drug-likeness (QED) is 0.648. The molecule has 0 aliphatic carbocycles. The fourth-order valence-corrected chi connectivity index (χ4v) is 3.56. The number of halogens is 3. The number of rotatable bonds is 6. The molecule has 148 valence electrons. The number of benzene rings is 2. The third-order valence-electron chi connectivity index (χ3n) is 4.21. The van der Waals surface area contributed by atoms with Crippen molar-refractivity contribution in [2.45, 2.75) is 18.5 Å². The molecule has 0 bridgehead atoms. The Balaban J connectivity index is 1.81. The van der Waals surface area contributed by atoms with Gasteiger partial charge in [-0.05, 0) is 36.4 Å². The van der Waals surface area contributed by atoms with Crippen LogP contribution in [0, 0.1) is 0 Å². The summed E-state index contributed by atoms with van der Waals surface area (Å²) in [6.07, 6.45) is -2.98. The number of nitrogens with one attached hydrogen (secondary N) is 2. The smallest absolute Gasteiger partial charge is 0.380 e. The number of hydrogen-bond acceptors (Lipinski definition) is 4. The molecule has 9 heteroatoms. The molecule has 1 heterocycles. The molecule has 0 atom stereocenters. The average molecular weight is 409 g/mol. The van der Waals surface area contributed by atoms with Crippen molar-refractivity contribution < 1.29 is 21.6 Å². The van der Waals surface area contributed by atoms with Crippen molar-refractivity contribution in [3.8, 4) is 0 Å². The first kappa shape index (κ1) is 20.1. The van der Waals surface area contributed by atoms with Crippen LogP contribution in [0.15, 0.2) is 54.7 Å². The van der Waals surface area contributed by atoms with Crippen molar-refractivity contribution in [2.24, 2.45) is 0 Å². The van der Waals surface area contributed by atoms with Crippen molar-refractivity contribution in [2.75, 3.05) is 12.4 Å². The summed E-state index contributed by atoms with van der Waals surface area (Å²) in [6, 6.07) is 12.2. The van der Waals surface area contributed by atoms with E-state index in [1.807, 2.05) is 6.07 Å². The molecule has 0 radical (unpaired) electrons. The minimum absolute atomic E-state index is 0.129. The lowest BCUT2D eigenvalue weighted by Gasteiger charge is -2.12. The molecule has 0 unspecified atom stereocenters. The third kappa shape index (κ3) is 4.79. The van der Waals surface area contributed by atoms with Crippen LogP contribution >= 0.6 is 0 Å². The molecule has 2 N–H and O–H groups in total. The van der Waals surface area contributed by atoms with E-state index < -0.39 is 21.8 Å². The molecule has 0 saturated carbocycles. The van der Waals surface area contributed by atoms with E-state index in [9.17, 15) is 21.6 Å². The number of sulfonamides is 1. The normalized spacial score (nSPS) is 12.3. The minimum atomic E-state index is -4.42. The minimum Gasteiger partial charge on any atom is -0.380 e. The highest BCUT2D eigenvalue weighted by atomic mass is 32.2. The Bertz CT molecular complexity index is 1100. The molecule has 2 aromatic carbocycles. The van der Waals surface area contributed by atoms with Crippen molar-refractivity contribution in [3.05, 3.63) is 71.4 Å². The van der Waals surface area contributed by atoms with Crippen LogP contribution < -0.4 is 10.0 Å². The standard InChI is InChI=1S/C19H18F3N3O2S/c1-23-28(26,27)12-14-4-2-3-13(9-14)11-25-17-7-8-24-18-10-15(19(20,21)22)5-6-16(17)18/h2-10,23H,11-12H2,1H3,(H,24,25). The molecule has 0 spiro atoms. The Morgan fingerprint density at radius 3 is 2.50 bits per heavy atom. The number of pyridine rings is 1. The highest BCUT2D eigenvalue weighted by Gasteiger charge is 2.30. The van der Waals surface area contributed by atoms with E-state index in [1.54, 1.807) is 24.3 Å². The Labute approximate surface area is 160 Å². The van der Waals surface area contributed by atoms with Crippen molar-refractivity contribution >= 4 is 26.6 Å². The van der Waals surface area contributed by atoms with Gasteiger partial charge in [0.2, 0.25) is 10.0 Å². The predicted molar refractivity (Wildman–Crippen MR) is 102 cm³/mol. The third-order valence-corrected chi connectivity index (χ3v) is 5.55. The predicted octanol–water partition coefficient (Wildman–Crippen LogP) is 3.91. The van der Waals surface area contributed by atoms with E-state index in [4.69, 9.17) is 0 Å². The zero-order valence-electron chi connectivity index (χ0n) is 14.9. The van der Waals surface area contributed by atoms with E-state index in [1.165, 1.54) is 19.3 Å². The molecule has 5 nitrogen and oxygen atoms in total. The fourth-order valence-electron chi connectivity index (χ4n) is 2.80. The molecule has 3 rings (SSSR count). The van der Waals surface area contributed by atoms with E-state index in [0.29, 0.717) is 23.2 Å². The highest BCUT2D eigenvalue weighted by molar-refractivity contribution is 7.88. The van der Waals surface area contributed by atoms with Gasteiger partial charge in [0, 0.05) is 23.8 Å². The van der Waals surface area contributed by atoms with Crippen LogP contribution in [0.3, 0.4) is 0 Å². The Morgan fingerprint density at radius 1 is 1.04 bits per heavy atom. The van der Waals surface area contributed by atoms with Gasteiger partial charge < -0.3 is 5.32 Å². The largest absolute Gasteiger partial charge is 0.416 e. The molecule has 0 fully saturated rings. The van der Waals surface area contributed by atoms with E-state index >= 15 is 0 Å². The second-order valence-electron chi connectivity index (χ2n) is 6.22. The number of nitrogens with zero attached hydrogens (tertiary/aromatic N) is 1. The number of aromatic nitrogens is 1. The Kier molecular flexibility index (Phi) is 5.57. The fraction of sp³-hybridized carbons (Fsp3) is 0.211. The lowest BCUT2D eigenvalue weighted by molar-refractivity contribution is -0.137. The summed E-state index contributed by atoms with van der Waals surface area (Å²) in [5.41, 5.74) is 1.63. The highest BCUT2D eigenvalue weighted by Crippen LogP contribution is 2.32. The van der Waals surface area contributed by atoms with Gasteiger partial charge in [-0.1, -0.05) is 30.3 Å². The van der Waals surface area contributed by atoms with E-state index in [2.05, 4.69) is 15.0 Å². The molecule has 3 aromatic rings. The monoisotopic (exact) mass is 409 g/mol. The topological polar surface area (TPSA) is 71.1 Å². The molecular weight excluding hydrogens is 391 g/mol. The first-order valence-electron chi connectivity index (χ1n) is 8.37. The van der Waals surface area contributed by atoms with E-state index in [-0.39, 0.29) is 11.3 Å². The zero-order valence-corrected chi connectivity index (χ0v) is 15.7. The van der Waals surface area contributed by atoms with Crippen molar-refractivity contribution in [1.29, 1.82) is 0 Å². The maximum absolute atomic E-state index is 12.9. The maximum Gasteiger partial charge on any atom is 0.416 e. The summed E-state index contributed by atoms with van der Waals surface area (Å²) in [7, 11) is -2.01. The Hall–Kier alpha value is -2.65. The number of anilines is 1. The van der Waals surface area contributed by atoms with Crippen LogP contribution in [-0.2, 0) is 28.5 Å². The van der Waals surface area contributed by atoms with Gasteiger partial charge in [-0.2, -0.15) is 13.2 Å². The molecule has 0 aliphatic rings. The summed E-state index contributed by atoms with van der Waals surface area (Å²) in [4.78, 5) is 4.02. The van der Waals surface area contributed by atoms with Gasteiger partial charge in [-0.25, -0.2) is 13.1 Å². The second kappa shape index (κ2) is 7.76. The van der Waals surface area contributed by atoms with Crippen LogP contribution in [0.5, 0.6) is 0 Å². The molecular formula is C19H18F3N3O2S. The molecule has 0 amide bonds. The van der Waals surface area contributed by atoms with Gasteiger partial charge in [0.05, 0.1) is 16.8 Å². The number of alkyl halides is 3. The summed E-state index contributed by atoms with van der Waals surface area (Å²) in [5.74, 6) is -0.129. The first-order chi connectivity index (χ1) is 13.2. The van der Waals surface area contributed by atoms with Gasteiger partial charge >= 0.3 is 6.18 Å². The van der Waals surface area contributed by atoms with Crippen LogP contribution in [0.1, 0.15) is 16.7 Å². The Morgan fingerprint density at radius 2 is 1.79 bits per heavy atom. The zero-order chi connectivity index (χ0) is 20.4. The van der Waals surface area contributed by atoms with E-state index in [0.717, 1.165) is 17.7 Å². The van der Waals surface area contributed by atoms with Crippen LogP contribution in [-0.4, -0.2) is 20.4 Å². The summed E-state index contributed by atoms with van der Waals surface area (Å²) in [5, 5.41) is 3.75. The molecule has 1 aromatic heterocycles. The second-order valence-corrected chi connectivity index (χ2v) is 8.15. The van der Waals surface area contributed by atoms with Gasteiger partial charge in [-0.15, -0.1) is 0 Å². The SMILES string of the molecule is CNS(=O)(=O)Cc1cccc(CNc2ccnc3cc(C(F)(F)F)ccc23)c1.